The molecule has 2 aromatic rings. The van der Waals surface area contributed by atoms with Crippen LogP contribution in [0.25, 0.3) is 10.1 Å². The molecule has 2 heterocycles. The number of amides is 1. The zero-order valence-corrected chi connectivity index (χ0v) is 14.9. The zero-order valence-electron chi connectivity index (χ0n) is 14.1. The van der Waals surface area contributed by atoms with Crippen molar-refractivity contribution < 1.29 is 4.79 Å². The van der Waals surface area contributed by atoms with Crippen LogP contribution < -0.4 is 0 Å². The number of fused-ring (bicyclic) bond motifs is 1. The highest BCUT2D eigenvalue weighted by Gasteiger charge is 2.19. The molecule has 1 unspecified atom stereocenters. The molecule has 4 heteroatoms. The van der Waals surface area contributed by atoms with Crippen LogP contribution in [0.3, 0.4) is 0 Å². The van der Waals surface area contributed by atoms with Crippen LogP contribution in [0.4, 0.5) is 0 Å². The number of piperidine rings is 1. The molecule has 0 spiro atoms. The Balaban J connectivity index is 1.51. The average molecular weight is 330 g/mol. The van der Waals surface area contributed by atoms with E-state index in [0.29, 0.717) is 12.3 Å². The predicted octanol–water partition coefficient (Wildman–Crippen LogP) is 3.98. The van der Waals surface area contributed by atoms with Crippen molar-refractivity contribution in [3.63, 3.8) is 0 Å². The number of carbonyl (C=O) groups excluding carboxylic acids is 1. The third-order valence-electron chi connectivity index (χ3n) is 4.78. The van der Waals surface area contributed by atoms with E-state index in [1.54, 1.807) is 11.3 Å². The summed E-state index contributed by atoms with van der Waals surface area (Å²) in [7, 11) is 4.11. The summed E-state index contributed by atoms with van der Waals surface area (Å²) >= 11 is 1.79. The normalized spacial score (nSPS) is 19.1. The van der Waals surface area contributed by atoms with Gasteiger partial charge in [0.25, 0.3) is 0 Å². The molecular weight excluding hydrogens is 304 g/mol. The SMILES string of the molecule is CN1CCCC(CCC(=O)N(C)Cc2cc3ccccc3s2)C1. The van der Waals surface area contributed by atoms with E-state index in [1.165, 1.54) is 34.3 Å². The van der Waals surface area contributed by atoms with E-state index in [2.05, 4.69) is 42.3 Å². The van der Waals surface area contributed by atoms with Crippen molar-refractivity contribution in [2.24, 2.45) is 5.92 Å². The zero-order chi connectivity index (χ0) is 16.2. The summed E-state index contributed by atoms with van der Waals surface area (Å²) in [5.74, 6) is 0.964. The Bertz CT molecular complexity index is 633. The summed E-state index contributed by atoms with van der Waals surface area (Å²) in [6.07, 6.45) is 4.25. The summed E-state index contributed by atoms with van der Waals surface area (Å²) in [5.41, 5.74) is 0. The van der Waals surface area contributed by atoms with Crippen LogP contribution in [0.15, 0.2) is 30.3 Å². The predicted molar refractivity (Wildman–Crippen MR) is 97.8 cm³/mol. The molecule has 0 N–H and O–H groups in total. The van der Waals surface area contributed by atoms with Crippen LogP contribution in [0.5, 0.6) is 0 Å². The van der Waals surface area contributed by atoms with Gasteiger partial charge in [0.05, 0.1) is 6.54 Å². The van der Waals surface area contributed by atoms with Crippen LogP contribution in [0, 0.1) is 5.92 Å². The second-order valence-electron chi connectivity index (χ2n) is 6.81. The first-order chi connectivity index (χ1) is 11.1. The summed E-state index contributed by atoms with van der Waals surface area (Å²) in [5, 5.41) is 1.28. The number of hydrogen-bond donors (Lipinski definition) is 0. The molecule has 124 valence electrons. The molecule has 0 aliphatic carbocycles. The van der Waals surface area contributed by atoms with Gasteiger partial charge < -0.3 is 9.80 Å². The summed E-state index contributed by atoms with van der Waals surface area (Å²) in [6.45, 7) is 3.08. The third-order valence-corrected chi connectivity index (χ3v) is 5.88. The van der Waals surface area contributed by atoms with E-state index >= 15 is 0 Å². The molecule has 3 rings (SSSR count). The van der Waals surface area contributed by atoms with Crippen LogP contribution in [0.1, 0.15) is 30.6 Å². The Morgan fingerprint density at radius 1 is 1.39 bits per heavy atom. The van der Waals surface area contributed by atoms with Gasteiger partial charge in [-0.05, 0) is 56.3 Å². The molecule has 1 atom stereocenters. The maximum absolute atomic E-state index is 12.4. The van der Waals surface area contributed by atoms with Crippen LogP contribution >= 0.6 is 11.3 Å². The van der Waals surface area contributed by atoms with Gasteiger partial charge >= 0.3 is 0 Å². The highest BCUT2D eigenvalue weighted by molar-refractivity contribution is 7.19. The lowest BCUT2D eigenvalue weighted by atomic mass is 9.93. The number of carbonyl (C=O) groups is 1. The van der Waals surface area contributed by atoms with E-state index in [4.69, 9.17) is 0 Å². The fourth-order valence-corrected chi connectivity index (χ4v) is 4.58. The van der Waals surface area contributed by atoms with E-state index in [9.17, 15) is 4.79 Å². The van der Waals surface area contributed by atoms with Crippen LogP contribution in [-0.4, -0.2) is 42.9 Å². The molecule has 3 nitrogen and oxygen atoms in total. The second-order valence-corrected chi connectivity index (χ2v) is 7.98. The molecule has 1 fully saturated rings. The molecule has 1 aliphatic heterocycles. The van der Waals surface area contributed by atoms with E-state index in [0.717, 1.165) is 19.5 Å². The summed E-state index contributed by atoms with van der Waals surface area (Å²) in [4.78, 5) is 17.9. The van der Waals surface area contributed by atoms with Gasteiger partial charge in [-0.15, -0.1) is 11.3 Å². The maximum Gasteiger partial charge on any atom is 0.222 e. The lowest BCUT2D eigenvalue weighted by Gasteiger charge is -2.29. The number of rotatable bonds is 5. The van der Waals surface area contributed by atoms with Gasteiger partial charge in [0.2, 0.25) is 5.91 Å². The minimum Gasteiger partial charge on any atom is -0.341 e. The lowest BCUT2D eigenvalue weighted by Crippen LogP contribution is -2.33. The van der Waals surface area contributed by atoms with Crippen molar-refractivity contribution in [2.75, 3.05) is 27.2 Å². The summed E-state index contributed by atoms with van der Waals surface area (Å²) < 4.78 is 1.30. The van der Waals surface area contributed by atoms with Crippen molar-refractivity contribution >= 4 is 27.3 Å². The molecule has 1 amide bonds. The number of nitrogens with zero attached hydrogens (tertiary/aromatic N) is 2. The fourth-order valence-electron chi connectivity index (χ4n) is 3.46. The Labute approximate surface area is 142 Å². The van der Waals surface area contributed by atoms with E-state index in [1.807, 2.05) is 11.9 Å². The van der Waals surface area contributed by atoms with E-state index < -0.39 is 0 Å². The van der Waals surface area contributed by atoms with Gasteiger partial charge in [-0.1, -0.05) is 18.2 Å². The van der Waals surface area contributed by atoms with Crippen molar-refractivity contribution in [2.45, 2.75) is 32.2 Å². The third kappa shape index (κ3) is 4.33. The standard InChI is InChI=1S/C19H26N2OS/c1-20-11-5-6-15(13-20)9-10-19(22)21(2)14-17-12-16-7-3-4-8-18(16)23-17/h3-4,7-8,12,15H,5-6,9-11,13-14H2,1-2H3. The quantitative estimate of drug-likeness (QED) is 0.828. The van der Waals surface area contributed by atoms with Gasteiger partial charge in [0.15, 0.2) is 0 Å². The molecular formula is C19H26N2OS. The van der Waals surface area contributed by atoms with E-state index in [-0.39, 0.29) is 5.91 Å². The fraction of sp³-hybridized carbons (Fsp3) is 0.526. The van der Waals surface area contributed by atoms with Gasteiger partial charge in [-0.3, -0.25) is 4.79 Å². The van der Waals surface area contributed by atoms with Crippen LogP contribution in [-0.2, 0) is 11.3 Å². The minimum atomic E-state index is 0.274. The average Bonchev–Trinajstić information content (AvgIpc) is 2.94. The topological polar surface area (TPSA) is 23.6 Å². The number of benzene rings is 1. The van der Waals surface area contributed by atoms with Gasteiger partial charge in [-0.2, -0.15) is 0 Å². The number of thiophene rings is 1. The monoisotopic (exact) mass is 330 g/mol. The number of hydrogen-bond acceptors (Lipinski definition) is 3. The lowest BCUT2D eigenvalue weighted by molar-refractivity contribution is -0.130. The van der Waals surface area contributed by atoms with Gasteiger partial charge in [0, 0.05) is 29.6 Å². The largest absolute Gasteiger partial charge is 0.341 e. The van der Waals surface area contributed by atoms with Crippen molar-refractivity contribution in [3.05, 3.63) is 35.2 Å². The molecule has 23 heavy (non-hydrogen) atoms. The molecule has 1 saturated heterocycles. The molecule has 0 radical (unpaired) electrons. The van der Waals surface area contributed by atoms with Crippen molar-refractivity contribution in [3.8, 4) is 0 Å². The first-order valence-corrected chi connectivity index (χ1v) is 9.33. The first kappa shape index (κ1) is 16.5. The van der Waals surface area contributed by atoms with Crippen molar-refractivity contribution in [1.82, 2.24) is 9.80 Å². The Hall–Kier alpha value is -1.39. The second kappa shape index (κ2) is 7.45. The first-order valence-electron chi connectivity index (χ1n) is 8.52. The molecule has 1 aliphatic rings. The van der Waals surface area contributed by atoms with Crippen molar-refractivity contribution in [1.29, 1.82) is 0 Å². The molecule has 1 aromatic carbocycles. The van der Waals surface area contributed by atoms with Gasteiger partial charge in [-0.25, -0.2) is 0 Å². The Kier molecular flexibility index (Phi) is 5.34. The molecule has 0 saturated carbocycles. The summed E-state index contributed by atoms with van der Waals surface area (Å²) in [6, 6.07) is 10.6. The highest BCUT2D eigenvalue weighted by Crippen LogP contribution is 2.26. The smallest absolute Gasteiger partial charge is 0.222 e. The number of likely N-dealkylation sites (tertiary alicyclic amines) is 1. The minimum absolute atomic E-state index is 0.274. The Morgan fingerprint density at radius 3 is 3.00 bits per heavy atom. The van der Waals surface area contributed by atoms with Crippen LogP contribution in [0.2, 0.25) is 0 Å². The molecule has 1 aromatic heterocycles. The van der Waals surface area contributed by atoms with Gasteiger partial charge in [0.1, 0.15) is 0 Å². The maximum atomic E-state index is 12.4. The highest BCUT2D eigenvalue weighted by atomic mass is 32.1. The molecule has 0 bridgehead atoms. The Morgan fingerprint density at radius 2 is 2.22 bits per heavy atom.